The van der Waals surface area contributed by atoms with Gasteiger partial charge in [-0.3, -0.25) is 14.3 Å². The summed E-state index contributed by atoms with van der Waals surface area (Å²) < 4.78 is 1.85. The van der Waals surface area contributed by atoms with Crippen molar-refractivity contribution in [3.63, 3.8) is 0 Å². The third-order valence-corrected chi connectivity index (χ3v) is 8.21. The van der Waals surface area contributed by atoms with Gasteiger partial charge in [0, 0.05) is 23.1 Å². The van der Waals surface area contributed by atoms with Crippen molar-refractivity contribution < 1.29 is 0 Å². The lowest BCUT2D eigenvalue weighted by Gasteiger charge is -2.18. The lowest BCUT2D eigenvalue weighted by atomic mass is 10.1. The number of rotatable bonds is 9. The molecule has 0 aromatic carbocycles. The van der Waals surface area contributed by atoms with Crippen LogP contribution in [0.1, 0.15) is 81.4 Å². The van der Waals surface area contributed by atoms with Crippen LogP contribution >= 0.6 is 11.8 Å². The van der Waals surface area contributed by atoms with Gasteiger partial charge in [-0.25, -0.2) is 24.9 Å². The van der Waals surface area contributed by atoms with Gasteiger partial charge in [0.25, 0.3) is 5.56 Å². The Bertz CT molecular complexity index is 1510. The van der Waals surface area contributed by atoms with Crippen molar-refractivity contribution >= 4 is 28.7 Å². The zero-order chi connectivity index (χ0) is 26.1. The molecule has 1 N–H and O–H groups in total. The second kappa shape index (κ2) is 10.8. The summed E-state index contributed by atoms with van der Waals surface area (Å²) in [6.45, 7) is 4.62. The summed E-state index contributed by atoms with van der Waals surface area (Å²) in [7, 11) is 0. The first-order chi connectivity index (χ1) is 18.7. The summed E-state index contributed by atoms with van der Waals surface area (Å²) in [5, 5.41) is 3.24. The molecule has 0 amide bonds. The van der Waals surface area contributed by atoms with Crippen LogP contribution in [0.25, 0.3) is 22.6 Å². The van der Waals surface area contributed by atoms with Gasteiger partial charge in [-0.2, -0.15) is 0 Å². The predicted molar refractivity (Wildman–Crippen MR) is 149 cm³/mol. The van der Waals surface area contributed by atoms with Crippen LogP contribution in [0.15, 0.2) is 40.5 Å². The second-order valence-electron chi connectivity index (χ2n) is 9.96. The highest BCUT2D eigenvalue weighted by Crippen LogP contribution is 2.43. The van der Waals surface area contributed by atoms with Gasteiger partial charge in [0.1, 0.15) is 11.8 Å². The summed E-state index contributed by atoms with van der Waals surface area (Å²) in [5.41, 5.74) is 4.79. The Balaban J connectivity index is 1.41. The zero-order valence-corrected chi connectivity index (χ0v) is 22.7. The maximum atomic E-state index is 13.8. The zero-order valence-electron chi connectivity index (χ0n) is 21.9. The number of anilines is 1. The number of fused-ring (bicyclic) bond motifs is 1. The number of nitrogens with zero attached hydrogens (tertiary/aromatic N) is 7. The molecule has 9 nitrogen and oxygen atoms in total. The SMILES string of the molecule is CCSc1ccc(CNc2nc3cnc(-c4c(CC)ncnc4C4CC4)nc3n(C3CCCC3)c2=O)nc1. The molecule has 0 atom stereocenters. The molecule has 196 valence electrons. The first-order valence-electron chi connectivity index (χ1n) is 13.6. The average molecular weight is 529 g/mol. The lowest BCUT2D eigenvalue weighted by Crippen LogP contribution is -2.29. The molecular weight excluding hydrogens is 496 g/mol. The Morgan fingerprint density at radius 3 is 2.55 bits per heavy atom. The van der Waals surface area contributed by atoms with Gasteiger partial charge >= 0.3 is 0 Å². The number of nitrogens with one attached hydrogen (secondary N) is 1. The van der Waals surface area contributed by atoms with Crippen molar-refractivity contribution in [3.8, 4) is 11.4 Å². The van der Waals surface area contributed by atoms with Crippen LogP contribution in [0, 0.1) is 0 Å². The van der Waals surface area contributed by atoms with E-state index in [0.29, 0.717) is 35.3 Å². The highest BCUT2D eigenvalue weighted by molar-refractivity contribution is 7.99. The monoisotopic (exact) mass is 528 g/mol. The average Bonchev–Trinajstić information content (AvgIpc) is 3.66. The highest BCUT2D eigenvalue weighted by atomic mass is 32.2. The fourth-order valence-corrected chi connectivity index (χ4v) is 5.92. The van der Waals surface area contributed by atoms with Gasteiger partial charge in [-0.1, -0.05) is 26.7 Å². The molecule has 0 aliphatic heterocycles. The van der Waals surface area contributed by atoms with Gasteiger partial charge < -0.3 is 5.32 Å². The number of hydrogen-bond acceptors (Lipinski definition) is 9. The standard InChI is InChI=1S/C28H32N8OS/c1-3-21-23(24(17-9-10-17)33-16-32-21)25-31-15-22-27(35-25)36(19-7-5-6-8-19)28(37)26(34-22)30-13-18-11-12-20(14-29-18)38-4-2/h11-12,14-17,19H,3-10,13H2,1-2H3,(H,30,34). The molecule has 2 saturated carbocycles. The van der Waals surface area contributed by atoms with Crippen LogP contribution in [-0.4, -0.2) is 40.2 Å². The van der Waals surface area contributed by atoms with Gasteiger partial charge in [0.05, 0.1) is 35.4 Å². The smallest absolute Gasteiger partial charge is 0.295 e. The maximum absolute atomic E-state index is 13.8. The topological polar surface area (TPSA) is 111 Å². The molecule has 10 heteroatoms. The minimum absolute atomic E-state index is 0.0975. The Hall–Kier alpha value is -3.40. The van der Waals surface area contributed by atoms with E-state index in [-0.39, 0.29) is 11.6 Å². The minimum atomic E-state index is -0.144. The molecular formula is C28H32N8OS. The molecule has 2 aliphatic rings. The van der Waals surface area contributed by atoms with Crippen LogP contribution in [0.5, 0.6) is 0 Å². The number of aryl methyl sites for hydroxylation is 1. The van der Waals surface area contributed by atoms with E-state index in [0.717, 1.165) is 78.2 Å². The summed E-state index contributed by atoms with van der Waals surface area (Å²) in [6.07, 6.45) is 12.4. The van der Waals surface area contributed by atoms with Gasteiger partial charge in [0.15, 0.2) is 17.3 Å². The van der Waals surface area contributed by atoms with Crippen molar-refractivity contribution in [3.05, 3.63) is 58.3 Å². The number of pyridine rings is 1. The van der Waals surface area contributed by atoms with Crippen molar-refractivity contribution in [1.82, 2.24) is 34.5 Å². The highest BCUT2D eigenvalue weighted by Gasteiger charge is 2.31. The van der Waals surface area contributed by atoms with E-state index in [1.807, 2.05) is 16.8 Å². The fraction of sp³-hybridized carbons (Fsp3) is 0.464. The van der Waals surface area contributed by atoms with Crippen LogP contribution < -0.4 is 10.9 Å². The first kappa shape index (κ1) is 24.9. The third-order valence-electron chi connectivity index (χ3n) is 7.34. The van der Waals surface area contributed by atoms with Crippen molar-refractivity contribution in [2.45, 2.75) is 82.2 Å². The van der Waals surface area contributed by atoms with Crippen LogP contribution in [-0.2, 0) is 13.0 Å². The third kappa shape index (κ3) is 4.89. The van der Waals surface area contributed by atoms with Crippen molar-refractivity contribution in [2.24, 2.45) is 0 Å². The molecule has 0 saturated heterocycles. The van der Waals surface area contributed by atoms with Gasteiger partial charge in [-0.05, 0) is 50.0 Å². The lowest BCUT2D eigenvalue weighted by molar-refractivity contribution is 0.515. The van der Waals surface area contributed by atoms with E-state index in [4.69, 9.17) is 9.97 Å². The van der Waals surface area contributed by atoms with E-state index >= 15 is 0 Å². The number of hydrogen-bond donors (Lipinski definition) is 1. The van der Waals surface area contributed by atoms with Crippen molar-refractivity contribution in [2.75, 3.05) is 11.1 Å². The normalized spacial score (nSPS) is 15.8. The van der Waals surface area contributed by atoms with Gasteiger partial charge in [0.2, 0.25) is 0 Å². The molecule has 2 aliphatic carbocycles. The summed E-state index contributed by atoms with van der Waals surface area (Å²) in [6, 6.07) is 4.15. The summed E-state index contributed by atoms with van der Waals surface area (Å²) in [4.78, 5) is 43.0. The molecule has 6 rings (SSSR count). The largest absolute Gasteiger partial charge is 0.360 e. The molecule has 2 fully saturated rings. The van der Waals surface area contributed by atoms with E-state index < -0.39 is 0 Å². The Labute approximate surface area is 226 Å². The molecule has 0 spiro atoms. The van der Waals surface area contributed by atoms with E-state index in [1.165, 1.54) is 0 Å². The predicted octanol–water partition coefficient (Wildman–Crippen LogP) is 5.32. The molecule has 38 heavy (non-hydrogen) atoms. The molecule has 0 unspecified atom stereocenters. The van der Waals surface area contributed by atoms with Gasteiger partial charge in [-0.15, -0.1) is 11.8 Å². The van der Waals surface area contributed by atoms with E-state index in [1.54, 1.807) is 24.3 Å². The Morgan fingerprint density at radius 2 is 1.84 bits per heavy atom. The summed E-state index contributed by atoms with van der Waals surface area (Å²) in [5.74, 6) is 2.33. The first-order valence-corrected chi connectivity index (χ1v) is 14.6. The molecule has 0 bridgehead atoms. The molecule has 4 heterocycles. The van der Waals surface area contributed by atoms with Crippen LogP contribution in [0.2, 0.25) is 0 Å². The molecule has 4 aromatic rings. The fourth-order valence-electron chi connectivity index (χ4n) is 5.30. The van der Waals surface area contributed by atoms with Crippen LogP contribution in [0.4, 0.5) is 5.82 Å². The van der Waals surface area contributed by atoms with E-state index in [9.17, 15) is 4.79 Å². The van der Waals surface area contributed by atoms with E-state index in [2.05, 4.69) is 45.2 Å². The Kier molecular flexibility index (Phi) is 7.06. The Morgan fingerprint density at radius 1 is 1.00 bits per heavy atom. The molecule has 0 radical (unpaired) electrons. The second-order valence-corrected chi connectivity index (χ2v) is 11.3. The van der Waals surface area contributed by atoms with Crippen molar-refractivity contribution in [1.29, 1.82) is 0 Å². The molecule has 4 aromatic heterocycles. The number of thioether (sulfide) groups is 1. The summed E-state index contributed by atoms with van der Waals surface area (Å²) >= 11 is 1.76. The quantitative estimate of drug-likeness (QED) is 0.289. The minimum Gasteiger partial charge on any atom is -0.360 e. The van der Waals surface area contributed by atoms with Crippen LogP contribution in [0.3, 0.4) is 0 Å². The number of aromatic nitrogens is 7. The maximum Gasteiger partial charge on any atom is 0.295 e.